The standard InChI is InChI=1S/C11H12F2N4/c12-10-5-9(6-11(13)7-10)8-14-1-3-17-4-2-15-16-17/h2,4-7,14H,1,3,8H2. The zero-order chi connectivity index (χ0) is 12.1. The molecule has 0 fully saturated rings. The summed E-state index contributed by atoms with van der Waals surface area (Å²) in [5.74, 6) is -1.11. The third-order valence-corrected chi connectivity index (χ3v) is 2.24. The number of nitrogens with one attached hydrogen (secondary N) is 1. The van der Waals surface area contributed by atoms with Crippen LogP contribution in [0.5, 0.6) is 0 Å². The van der Waals surface area contributed by atoms with Gasteiger partial charge < -0.3 is 5.32 Å². The number of aromatic nitrogens is 3. The van der Waals surface area contributed by atoms with E-state index in [2.05, 4.69) is 15.6 Å². The van der Waals surface area contributed by atoms with Gasteiger partial charge in [0.2, 0.25) is 0 Å². The van der Waals surface area contributed by atoms with Crippen LogP contribution in [0.2, 0.25) is 0 Å². The third-order valence-electron chi connectivity index (χ3n) is 2.24. The lowest BCUT2D eigenvalue weighted by Crippen LogP contribution is -2.20. The Kier molecular flexibility index (Phi) is 3.77. The molecular weight excluding hydrogens is 226 g/mol. The molecule has 0 aliphatic rings. The summed E-state index contributed by atoms with van der Waals surface area (Å²) >= 11 is 0. The van der Waals surface area contributed by atoms with Crippen molar-refractivity contribution in [1.29, 1.82) is 0 Å². The van der Waals surface area contributed by atoms with Crippen LogP contribution in [-0.2, 0) is 13.1 Å². The summed E-state index contributed by atoms with van der Waals surface area (Å²) < 4.78 is 27.4. The first-order chi connectivity index (χ1) is 8.24. The van der Waals surface area contributed by atoms with E-state index < -0.39 is 11.6 Å². The Morgan fingerprint density at radius 2 is 1.94 bits per heavy atom. The van der Waals surface area contributed by atoms with Gasteiger partial charge in [-0.2, -0.15) is 0 Å². The monoisotopic (exact) mass is 238 g/mol. The Morgan fingerprint density at radius 3 is 2.59 bits per heavy atom. The molecule has 4 nitrogen and oxygen atoms in total. The number of hydrogen-bond donors (Lipinski definition) is 1. The smallest absolute Gasteiger partial charge is 0.126 e. The Hall–Kier alpha value is -1.82. The molecule has 2 rings (SSSR count). The first-order valence-electron chi connectivity index (χ1n) is 5.24. The van der Waals surface area contributed by atoms with Gasteiger partial charge in [-0.3, -0.25) is 4.68 Å². The molecule has 0 radical (unpaired) electrons. The van der Waals surface area contributed by atoms with E-state index in [4.69, 9.17) is 0 Å². The zero-order valence-corrected chi connectivity index (χ0v) is 9.11. The molecular formula is C11H12F2N4. The summed E-state index contributed by atoms with van der Waals surface area (Å²) in [4.78, 5) is 0. The lowest BCUT2D eigenvalue weighted by Gasteiger charge is -2.05. The van der Waals surface area contributed by atoms with E-state index in [1.165, 1.54) is 12.1 Å². The first-order valence-corrected chi connectivity index (χ1v) is 5.24. The van der Waals surface area contributed by atoms with E-state index in [1.54, 1.807) is 17.1 Å². The van der Waals surface area contributed by atoms with Gasteiger partial charge in [0, 0.05) is 25.4 Å². The van der Waals surface area contributed by atoms with Crippen molar-refractivity contribution in [1.82, 2.24) is 20.3 Å². The van der Waals surface area contributed by atoms with E-state index >= 15 is 0 Å². The predicted octanol–water partition coefficient (Wildman–Crippen LogP) is 1.35. The van der Waals surface area contributed by atoms with Crippen molar-refractivity contribution < 1.29 is 8.78 Å². The van der Waals surface area contributed by atoms with E-state index in [1.807, 2.05) is 0 Å². The number of halogens is 2. The van der Waals surface area contributed by atoms with Crippen LogP contribution >= 0.6 is 0 Å². The summed E-state index contributed by atoms with van der Waals surface area (Å²) in [5, 5.41) is 10.5. The molecule has 1 heterocycles. The fourth-order valence-electron chi connectivity index (χ4n) is 1.49. The summed E-state index contributed by atoms with van der Waals surface area (Å²) in [6.07, 6.45) is 3.35. The normalized spacial score (nSPS) is 10.7. The highest BCUT2D eigenvalue weighted by Crippen LogP contribution is 2.07. The van der Waals surface area contributed by atoms with Gasteiger partial charge in [0.1, 0.15) is 11.6 Å². The fraction of sp³-hybridized carbons (Fsp3) is 0.273. The molecule has 17 heavy (non-hydrogen) atoms. The van der Waals surface area contributed by atoms with Gasteiger partial charge in [-0.05, 0) is 17.7 Å². The molecule has 6 heteroatoms. The van der Waals surface area contributed by atoms with E-state index in [9.17, 15) is 8.78 Å². The second kappa shape index (κ2) is 5.49. The third kappa shape index (κ3) is 3.60. The van der Waals surface area contributed by atoms with E-state index in [0.717, 1.165) is 6.07 Å². The molecule has 0 spiro atoms. The number of benzene rings is 1. The lowest BCUT2D eigenvalue weighted by atomic mass is 10.2. The van der Waals surface area contributed by atoms with Gasteiger partial charge >= 0.3 is 0 Å². The van der Waals surface area contributed by atoms with Crippen LogP contribution in [0.4, 0.5) is 8.78 Å². The van der Waals surface area contributed by atoms with Crippen LogP contribution in [0, 0.1) is 11.6 Å². The Labute approximate surface area is 97.3 Å². The van der Waals surface area contributed by atoms with Gasteiger partial charge in [0.05, 0.1) is 12.7 Å². The molecule has 0 unspecified atom stereocenters. The van der Waals surface area contributed by atoms with Crippen LogP contribution < -0.4 is 5.32 Å². The van der Waals surface area contributed by atoms with Crippen molar-refractivity contribution in [3.63, 3.8) is 0 Å². The van der Waals surface area contributed by atoms with Crippen LogP contribution in [-0.4, -0.2) is 21.5 Å². The minimum absolute atomic E-state index is 0.420. The maximum absolute atomic E-state index is 12.9. The molecule has 2 aromatic rings. The summed E-state index contributed by atoms with van der Waals surface area (Å²) in [7, 11) is 0. The van der Waals surface area contributed by atoms with Crippen molar-refractivity contribution >= 4 is 0 Å². The maximum atomic E-state index is 12.9. The largest absolute Gasteiger partial charge is 0.311 e. The quantitative estimate of drug-likeness (QED) is 0.799. The van der Waals surface area contributed by atoms with Gasteiger partial charge in [-0.1, -0.05) is 5.21 Å². The Balaban J connectivity index is 1.78. The van der Waals surface area contributed by atoms with Crippen LogP contribution in [0.15, 0.2) is 30.6 Å². The Bertz CT molecular complexity index is 450. The molecule has 0 saturated carbocycles. The molecule has 1 aromatic heterocycles. The summed E-state index contributed by atoms with van der Waals surface area (Å²) in [6.45, 7) is 1.74. The number of nitrogens with zero attached hydrogens (tertiary/aromatic N) is 3. The van der Waals surface area contributed by atoms with Crippen molar-refractivity contribution in [2.75, 3.05) is 6.54 Å². The van der Waals surface area contributed by atoms with Crippen LogP contribution in [0.1, 0.15) is 5.56 Å². The van der Waals surface area contributed by atoms with Crippen molar-refractivity contribution in [2.24, 2.45) is 0 Å². The summed E-state index contributed by atoms with van der Waals surface area (Å²) in [5.41, 5.74) is 0.584. The predicted molar refractivity (Wildman–Crippen MR) is 58.1 cm³/mol. The molecule has 0 atom stereocenters. The molecule has 0 bridgehead atoms. The van der Waals surface area contributed by atoms with Crippen LogP contribution in [0.3, 0.4) is 0 Å². The highest BCUT2D eigenvalue weighted by Gasteiger charge is 2.00. The van der Waals surface area contributed by atoms with Gasteiger partial charge in [0.15, 0.2) is 0 Å². The van der Waals surface area contributed by atoms with Crippen molar-refractivity contribution in [3.8, 4) is 0 Å². The molecule has 90 valence electrons. The SMILES string of the molecule is Fc1cc(F)cc(CNCCn2ccnn2)c1. The maximum Gasteiger partial charge on any atom is 0.126 e. The number of rotatable bonds is 5. The van der Waals surface area contributed by atoms with Gasteiger partial charge in [0.25, 0.3) is 0 Å². The van der Waals surface area contributed by atoms with Crippen LogP contribution in [0.25, 0.3) is 0 Å². The van der Waals surface area contributed by atoms with E-state index in [-0.39, 0.29) is 0 Å². The Morgan fingerprint density at radius 1 is 1.18 bits per heavy atom. The summed E-state index contributed by atoms with van der Waals surface area (Å²) in [6, 6.07) is 3.48. The minimum Gasteiger partial charge on any atom is -0.311 e. The highest BCUT2D eigenvalue weighted by atomic mass is 19.1. The average molecular weight is 238 g/mol. The van der Waals surface area contributed by atoms with Crippen molar-refractivity contribution in [2.45, 2.75) is 13.1 Å². The van der Waals surface area contributed by atoms with Gasteiger partial charge in [-0.15, -0.1) is 5.10 Å². The zero-order valence-electron chi connectivity index (χ0n) is 9.11. The molecule has 0 saturated heterocycles. The fourth-order valence-corrected chi connectivity index (χ4v) is 1.49. The highest BCUT2D eigenvalue weighted by molar-refractivity contribution is 5.17. The van der Waals surface area contributed by atoms with Gasteiger partial charge in [-0.25, -0.2) is 8.78 Å². The second-order valence-electron chi connectivity index (χ2n) is 3.62. The van der Waals surface area contributed by atoms with E-state index in [0.29, 0.717) is 25.2 Å². The molecule has 0 amide bonds. The number of hydrogen-bond acceptors (Lipinski definition) is 3. The second-order valence-corrected chi connectivity index (χ2v) is 3.62. The minimum atomic E-state index is -0.557. The molecule has 0 aliphatic heterocycles. The van der Waals surface area contributed by atoms with Crippen molar-refractivity contribution in [3.05, 3.63) is 47.8 Å². The average Bonchev–Trinajstić information content (AvgIpc) is 2.76. The molecule has 1 aromatic carbocycles. The first kappa shape index (κ1) is 11.7. The molecule has 1 N–H and O–H groups in total. The molecule has 0 aliphatic carbocycles. The topological polar surface area (TPSA) is 42.7 Å². The lowest BCUT2D eigenvalue weighted by molar-refractivity contribution is 0.535.